The predicted molar refractivity (Wildman–Crippen MR) is 202 cm³/mol. The fourth-order valence-corrected chi connectivity index (χ4v) is 7.90. The van der Waals surface area contributed by atoms with Crippen LogP contribution in [-0.2, 0) is 16.0 Å². The molecule has 1 saturated carbocycles. The normalized spacial score (nSPS) is 16.4. The lowest BCUT2D eigenvalue weighted by molar-refractivity contribution is -0.114. The maximum Gasteiger partial charge on any atom is 0.258 e. The van der Waals surface area contributed by atoms with Gasteiger partial charge in [0.1, 0.15) is 0 Å². The quantitative estimate of drug-likeness (QED) is 0.132. The minimum atomic E-state index is -0.161. The van der Waals surface area contributed by atoms with Crippen molar-refractivity contribution in [1.82, 2.24) is 4.90 Å². The Labute approximate surface area is 294 Å². The maximum absolute atomic E-state index is 13.5. The number of benzene rings is 2. The number of likely N-dealkylation sites (tertiary alicyclic amines) is 1. The molecular formula is C40H47N5O3S. The molecule has 0 radical (unpaired) electrons. The molecule has 1 spiro atoms. The summed E-state index contributed by atoms with van der Waals surface area (Å²) in [7, 11) is 0. The largest absolute Gasteiger partial charge is 0.427 e. The number of fused-ring (bicyclic) bond motifs is 3. The molecule has 0 atom stereocenters. The minimum absolute atomic E-state index is 0.0565. The number of carbonyl (C=O) groups is 2. The van der Waals surface area contributed by atoms with Crippen molar-refractivity contribution in [3.8, 4) is 10.4 Å². The van der Waals surface area contributed by atoms with E-state index in [1.165, 1.54) is 74.7 Å². The van der Waals surface area contributed by atoms with Crippen molar-refractivity contribution in [2.75, 3.05) is 29.9 Å². The zero-order chi connectivity index (χ0) is 35.1. The van der Waals surface area contributed by atoms with Gasteiger partial charge in [-0.25, -0.2) is 0 Å². The zero-order valence-corrected chi connectivity index (χ0v) is 29.8. The molecule has 3 aromatic rings. The van der Waals surface area contributed by atoms with Gasteiger partial charge in [0.05, 0.1) is 10.6 Å². The first kappa shape index (κ1) is 35.5. The van der Waals surface area contributed by atoms with Gasteiger partial charge < -0.3 is 19.9 Å². The summed E-state index contributed by atoms with van der Waals surface area (Å²) in [5.74, 6) is -0.328. The number of carbonyl (C=O) groups excluding carboxylic acids is 2. The molecule has 1 aromatic heterocycles. The van der Waals surface area contributed by atoms with Gasteiger partial charge in [0.2, 0.25) is 11.8 Å². The SMILES string of the molecule is C=C(/C=C\C(C)=C/C)N1CC2(CCCCC2)C1.CC(=O)Nc1ccc(C(=O)N2CCc3cc(C(=N)OC=N)sc3-c3ccc(C)cc32)cc1. The lowest BCUT2D eigenvalue weighted by Gasteiger charge is -2.53. The van der Waals surface area contributed by atoms with Crippen LogP contribution in [0.1, 0.15) is 79.2 Å². The summed E-state index contributed by atoms with van der Waals surface area (Å²) in [4.78, 5) is 30.6. The molecule has 256 valence electrons. The van der Waals surface area contributed by atoms with Gasteiger partial charge in [-0.1, -0.05) is 55.7 Å². The number of aryl methyl sites for hydroxylation is 1. The Morgan fingerprint density at radius 2 is 1.73 bits per heavy atom. The van der Waals surface area contributed by atoms with Crippen molar-refractivity contribution in [2.45, 2.75) is 66.2 Å². The molecule has 0 unspecified atom stereocenters. The van der Waals surface area contributed by atoms with E-state index in [9.17, 15) is 9.59 Å². The average molecular weight is 678 g/mol. The summed E-state index contributed by atoms with van der Waals surface area (Å²) in [6.45, 7) is 14.8. The van der Waals surface area contributed by atoms with Gasteiger partial charge in [0.15, 0.2) is 6.40 Å². The molecule has 3 heterocycles. The second kappa shape index (κ2) is 15.6. The molecule has 49 heavy (non-hydrogen) atoms. The van der Waals surface area contributed by atoms with E-state index >= 15 is 0 Å². The molecule has 2 fully saturated rings. The number of hydrogen-bond donors (Lipinski definition) is 3. The van der Waals surface area contributed by atoms with Crippen LogP contribution in [-0.4, -0.2) is 48.6 Å². The van der Waals surface area contributed by atoms with Crippen molar-refractivity contribution >= 4 is 46.8 Å². The summed E-state index contributed by atoms with van der Waals surface area (Å²) >= 11 is 1.43. The van der Waals surface area contributed by atoms with Crippen molar-refractivity contribution in [2.24, 2.45) is 5.41 Å². The molecule has 0 bridgehead atoms. The van der Waals surface area contributed by atoms with Crippen molar-refractivity contribution in [3.63, 3.8) is 0 Å². The van der Waals surface area contributed by atoms with Crippen LogP contribution in [0, 0.1) is 23.2 Å². The molecule has 9 heteroatoms. The molecule has 3 aliphatic rings. The Bertz CT molecular complexity index is 1790. The Balaban J connectivity index is 0.000000232. The first-order valence-electron chi connectivity index (χ1n) is 16.9. The monoisotopic (exact) mass is 677 g/mol. The fraction of sp³-hybridized carbons (Fsp3) is 0.350. The molecule has 1 aliphatic carbocycles. The van der Waals surface area contributed by atoms with Crippen LogP contribution in [0.5, 0.6) is 0 Å². The molecule has 2 aromatic carbocycles. The van der Waals surface area contributed by atoms with Crippen LogP contribution in [0.3, 0.4) is 0 Å². The topological polar surface area (TPSA) is 110 Å². The zero-order valence-electron chi connectivity index (χ0n) is 29.0. The Morgan fingerprint density at radius 3 is 2.39 bits per heavy atom. The maximum atomic E-state index is 13.5. The van der Waals surface area contributed by atoms with E-state index in [0.717, 1.165) is 33.7 Å². The molecule has 6 rings (SSSR count). The second-order valence-electron chi connectivity index (χ2n) is 13.3. The highest BCUT2D eigenvalue weighted by atomic mass is 32.1. The van der Waals surface area contributed by atoms with Crippen LogP contribution in [0.25, 0.3) is 10.4 Å². The van der Waals surface area contributed by atoms with E-state index in [4.69, 9.17) is 15.6 Å². The first-order chi connectivity index (χ1) is 23.5. The first-order valence-corrected chi connectivity index (χ1v) is 17.8. The van der Waals surface area contributed by atoms with E-state index in [1.807, 2.05) is 31.2 Å². The molecule has 3 N–H and O–H groups in total. The number of amides is 2. The van der Waals surface area contributed by atoms with E-state index in [1.54, 1.807) is 29.2 Å². The van der Waals surface area contributed by atoms with Gasteiger partial charge in [0.25, 0.3) is 5.91 Å². The van der Waals surface area contributed by atoms with Crippen molar-refractivity contribution < 1.29 is 14.3 Å². The summed E-state index contributed by atoms with van der Waals surface area (Å²) in [5.41, 5.74) is 8.18. The third-order valence-electron chi connectivity index (χ3n) is 9.57. The van der Waals surface area contributed by atoms with Crippen LogP contribution >= 0.6 is 11.3 Å². The number of thiophene rings is 1. The molecule has 8 nitrogen and oxygen atoms in total. The number of allylic oxidation sites excluding steroid dienone is 4. The Morgan fingerprint density at radius 1 is 1.02 bits per heavy atom. The van der Waals surface area contributed by atoms with Gasteiger partial charge in [-0.3, -0.25) is 20.4 Å². The van der Waals surface area contributed by atoms with Crippen LogP contribution in [0.4, 0.5) is 11.4 Å². The van der Waals surface area contributed by atoms with Crippen LogP contribution < -0.4 is 10.2 Å². The number of hydrogen-bond acceptors (Lipinski definition) is 7. The van der Waals surface area contributed by atoms with E-state index in [2.05, 4.69) is 48.9 Å². The highest BCUT2D eigenvalue weighted by Gasteiger charge is 2.43. The Kier molecular flexibility index (Phi) is 11.3. The lowest BCUT2D eigenvalue weighted by Crippen LogP contribution is -2.55. The summed E-state index contributed by atoms with van der Waals surface area (Å²) < 4.78 is 4.94. The standard InChI is InChI=1S/C24H22N4O3S.C16H25N/c1-14-3-8-19-20(11-14)28(24(30)16-4-6-18(7-5-16)27-15(2)29)10-9-17-12-21(32-22(17)19)23(26)31-13-25;1-4-14(2)8-9-15(3)17-12-16(13-17)10-6-5-7-11-16/h3-8,11-13,25-26H,9-10H2,1-2H3,(H,27,29);4,8-9H,3,5-7,10-13H2,1-2H3/b;9-8-,14-4-. The van der Waals surface area contributed by atoms with E-state index in [0.29, 0.717) is 34.5 Å². The van der Waals surface area contributed by atoms with Gasteiger partial charge in [-0.05, 0) is 93.6 Å². The predicted octanol–water partition coefficient (Wildman–Crippen LogP) is 9.12. The summed E-state index contributed by atoms with van der Waals surface area (Å²) in [5, 5.41) is 17.8. The van der Waals surface area contributed by atoms with E-state index < -0.39 is 0 Å². The molecular weight excluding hydrogens is 631 g/mol. The third kappa shape index (κ3) is 8.46. The summed E-state index contributed by atoms with van der Waals surface area (Å²) in [6.07, 6.45) is 15.0. The number of nitrogens with zero attached hydrogens (tertiary/aromatic N) is 2. The minimum Gasteiger partial charge on any atom is -0.427 e. The van der Waals surface area contributed by atoms with Crippen molar-refractivity contribution in [3.05, 3.63) is 106 Å². The molecule has 2 aliphatic heterocycles. The van der Waals surface area contributed by atoms with Gasteiger partial charge in [-0.15, -0.1) is 11.3 Å². The molecule has 1 saturated heterocycles. The lowest BCUT2D eigenvalue weighted by atomic mass is 9.68. The smallest absolute Gasteiger partial charge is 0.258 e. The second-order valence-corrected chi connectivity index (χ2v) is 14.3. The van der Waals surface area contributed by atoms with Crippen molar-refractivity contribution in [1.29, 1.82) is 10.8 Å². The highest BCUT2D eigenvalue weighted by molar-refractivity contribution is 7.17. The average Bonchev–Trinajstić information content (AvgIpc) is 3.45. The van der Waals surface area contributed by atoms with Crippen LogP contribution in [0.15, 0.2) is 84.6 Å². The number of ether oxygens (including phenoxy) is 1. The highest BCUT2D eigenvalue weighted by Crippen LogP contribution is 2.45. The van der Waals surface area contributed by atoms with Crippen LogP contribution in [0.2, 0.25) is 0 Å². The third-order valence-corrected chi connectivity index (χ3v) is 10.8. The summed E-state index contributed by atoms with van der Waals surface area (Å²) in [6, 6.07) is 14.8. The fourth-order valence-electron chi connectivity index (χ4n) is 6.76. The Hall–Kier alpha value is -4.76. The molecule has 2 amide bonds. The number of rotatable bonds is 7. The van der Waals surface area contributed by atoms with Gasteiger partial charge in [0, 0.05) is 59.4 Å². The van der Waals surface area contributed by atoms with E-state index in [-0.39, 0.29) is 17.7 Å². The number of nitrogens with one attached hydrogen (secondary N) is 3. The number of anilines is 2. The van der Waals surface area contributed by atoms with Gasteiger partial charge in [-0.2, -0.15) is 0 Å². The van der Waals surface area contributed by atoms with Gasteiger partial charge >= 0.3 is 0 Å².